The Morgan fingerprint density at radius 2 is 0.875 bits per heavy atom. The van der Waals surface area contributed by atoms with E-state index < -0.39 is 10.00 Å². The first-order valence-corrected chi connectivity index (χ1v) is 7.20. The molecule has 0 N–H and O–H groups in total. The molecule has 0 spiro atoms. The molecule has 2 rings (SSSR count). The van der Waals surface area contributed by atoms with Gasteiger partial charge in [-0.1, -0.05) is 36.0 Å². The van der Waals surface area contributed by atoms with Crippen LogP contribution in [0.25, 0.3) is 0 Å². The molecule has 0 aliphatic heterocycles. The minimum Gasteiger partial charge on any atom is -0.169 e. The molecule has 0 aromatic rings. The van der Waals surface area contributed by atoms with Crippen molar-refractivity contribution in [3.63, 3.8) is 0 Å². The van der Waals surface area contributed by atoms with Gasteiger partial charge in [-0.25, -0.2) is 0 Å². The number of azo groups is 1. The van der Waals surface area contributed by atoms with Crippen LogP contribution in [0.1, 0.15) is 64.2 Å². The van der Waals surface area contributed by atoms with Crippen molar-refractivity contribution in [1.82, 2.24) is 0 Å². The van der Waals surface area contributed by atoms with Crippen molar-refractivity contribution >= 4 is 23.2 Å². The second kappa shape index (κ2) is 5.22. The Balaban J connectivity index is 1.95. The largest absolute Gasteiger partial charge is 0.169 e. The Kier molecular flexibility index (Phi) is 4.12. The van der Waals surface area contributed by atoms with Crippen molar-refractivity contribution in [2.45, 2.75) is 74.2 Å². The summed E-state index contributed by atoms with van der Waals surface area (Å²) >= 11 is 12.9. The van der Waals surface area contributed by atoms with Gasteiger partial charge in [0.1, 0.15) is 0 Å². The highest BCUT2D eigenvalue weighted by Gasteiger charge is 2.33. The van der Waals surface area contributed by atoms with Crippen LogP contribution >= 0.6 is 23.2 Å². The summed E-state index contributed by atoms with van der Waals surface area (Å²) in [6, 6.07) is 0. The SMILES string of the molecule is ClC1(/N=N/C2(Cl)CCCCC2)CCCCC1. The van der Waals surface area contributed by atoms with Crippen LogP contribution in [0, 0.1) is 0 Å². The van der Waals surface area contributed by atoms with Crippen molar-refractivity contribution in [1.29, 1.82) is 0 Å². The van der Waals surface area contributed by atoms with Crippen LogP contribution in [-0.2, 0) is 0 Å². The smallest absolute Gasteiger partial charge is 0.154 e. The molecule has 2 fully saturated rings. The molecule has 2 aliphatic rings. The minimum absolute atomic E-state index is 0.447. The normalized spacial score (nSPS) is 29.4. The lowest BCUT2D eigenvalue weighted by atomic mass is 9.95. The molecule has 0 atom stereocenters. The van der Waals surface area contributed by atoms with Crippen molar-refractivity contribution in [3.8, 4) is 0 Å². The van der Waals surface area contributed by atoms with E-state index in [-0.39, 0.29) is 0 Å². The first-order valence-electron chi connectivity index (χ1n) is 6.44. The molecule has 92 valence electrons. The summed E-state index contributed by atoms with van der Waals surface area (Å²) in [7, 11) is 0. The molecular weight excluding hydrogens is 243 g/mol. The van der Waals surface area contributed by atoms with Gasteiger partial charge in [0.2, 0.25) is 0 Å². The van der Waals surface area contributed by atoms with Crippen LogP contribution in [0.15, 0.2) is 10.2 Å². The molecule has 0 unspecified atom stereocenters. The molecule has 2 saturated carbocycles. The van der Waals surface area contributed by atoms with Gasteiger partial charge in [0, 0.05) is 0 Å². The van der Waals surface area contributed by atoms with Crippen molar-refractivity contribution < 1.29 is 0 Å². The predicted octanol–water partition coefficient (Wildman–Crippen LogP) is 5.24. The Labute approximate surface area is 108 Å². The maximum Gasteiger partial charge on any atom is 0.154 e. The number of hydrogen-bond acceptors (Lipinski definition) is 2. The lowest BCUT2D eigenvalue weighted by molar-refractivity contribution is 0.344. The average Bonchev–Trinajstić information content (AvgIpc) is 2.29. The van der Waals surface area contributed by atoms with Crippen LogP contribution < -0.4 is 0 Å². The zero-order chi connectivity index (χ0) is 11.5. The van der Waals surface area contributed by atoms with Gasteiger partial charge < -0.3 is 0 Å². The minimum atomic E-state index is -0.447. The summed E-state index contributed by atoms with van der Waals surface area (Å²) in [5.74, 6) is 0. The van der Waals surface area contributed by atoms with E-state index >= 15 is 0 Å². The Bertz CT molecular complexity index is 228. The summed E-state index contributed by atoms with van der Waals surface area (Å²) in [6.07, 6.45) is 11.0. The van der Waals surface area contributed by atoms with Crippen LogP contribution in [0.4, 0.5) is 0 Å². The molecule has 16 heavy (non-hydrogen) atoms. The van der Waals surface area contributed by atoms with E-state index in [1.165, 1.54) is 12.8 Å². The van der Waals surface area contributed by atoms with E-state index in [1.54, 1.807) is 0 Å². The molecule has 0 bridgehead atoms. The second-order valence-corrected chi connectivity index (χ2v) is 6.56. The van der Waals surface area contributed by atoms with E-state index in [0.29, 0.717) is 0 Å². The average molecular weight is 263 g/mol. The first-order chi connectivity index (χ1) is 7.62. The Morgan fingerprint density at radius 3 is 1.19 bits per heavy atom. The monoisotopic (exact) mass is 262 g/mol. The molecule has 0 heterocycles. The fourth-order valence-corrected chi connectivity index (χ4v) is 3.18. The fourth-order valence-electron chi connectivity index (χ4n) is 2.57. The van der Waals surface area contributed by atoms with Crippen LogP contribution in [-0.4, -0.2) is 10.00 Å². The third kappa shape index (κ3) is 3.33. The standard InChI is InChI=1S/C12H20Cl2N2/c13-11(7-3-1-4-8-11)15-16-12(14)9-5-2-6-10-12/h1-10H2/b16-15+. The fraction of sp³-hybridized carbons (Fsp3) is 1.00. The van der Waals surface area contributed by atoms with E-state index in [2.05, 4.69) is 10.2 Å². The topological polar surface area (TPSA) is 24.7 Å². The van der Waals surface area contributed by atoms with Crippen LogP contribution in [0.3, 0.4) is 0 Å². The third-order valence-corrected chi connectivity index (χ3v) is 4.55. The van der Waals surface area contributed by atoms with E-state index in [9.17, 15) is 0 Å². The number of nitrogens with zero attached hydrogens (tertiary/aromatic N) is 2. The maximum absolute atomic E-state index is 6.44. The highest BCUT2D eigenvalue weighted by molar-refractivity contribution is 6.24. The lowest BCUT2D eigenvalue weighted by Crippen LogP contribution is -2.26. The summed E-state index contributed by atoms with van der Waals surface area (Å²) < 4.78 is 0. The number of hydrogen-bond donors (Lipinski definition) is 0. The van der Waals surface area contributed by atoms with Crippen molar-refractivity contribution in [2.24, 2.45) is 10.2 Å². The number of alkyl halides is 2. The van der Waals surface area contributed by atoms with Crippen LogP contribution in [0.5, 0.6) is 0 Å². The van der Waals surface area contributed by atoms with Gasteiger partial charge >= 0.3 is 0 Å². The molecule has 4 heteroatoms. The van der Waals surface area contributed by atoms with Gasteiger partial charge in [0.05, 0.1) is 0 Å². The summed E-state index contributed by atoms with van der Waals surface area (Å²) in [4.78, 5) is -0.894. The third-order valence-electron chi connectivity index (χ3n) is 3.65. The predicted molar refractivity (Wildman–Crippen MR) is 68.2 cm³/mol. The summed E-state index contributed by atoms with van der Waals surface area (Å²) in [5, 5.41) is 8.74. The van der Waals surface area contributed by atoms with Gasteiger partial charge in [-0.2, -0.15) is 10.2 Å². The second-order valence-electron chi connectivity index (χ2n) is 5.16. The summed E-state index contributed by atoms with van der Waals surface area (Å²) in [6.45, 7) is 0. The van der Waals surface area contributed by atoms with Crippen LogP contribution in [0.2, 0.25) is 0 Å². The van der Waals surface area contributed by atoms with Crippen molar-refractivity contribution in [3.05, 3.63) is 0 Å². The molecule has 0 amide bonds. The quantitative estimate of drug-likeness (QED) is 0.370. The summed E-state index contributed by atoms with van der Waals surface area (Å²) in [5.41, 5.74) is 0. The zero-order valence-electron chi connectivity index (χ0n) is 9.72. The number of halogens is 2. The molecule has 2 nitrogen and oxygen atoms in total. The lowest BCUT2D eigenvalue weighted by Gasteiger charge is -2.30. The molecule has 2 aliphatic carbocycles. The Hall–Kier alpha value is 0.180. The molecular formula is C12H20Cl2N2. The van der Waals surface area contributed by atoms with Gasteiger partial charge in [-0.05, 0) is 51.4 Å². The molecule has 0 radical (unpaired) electrons. The number of rotatable bonds is 2. The highest BCUT2D eigenvalue weighted by Crippen LogP contribution is 2.40. The van der Waals surface area contributed by atoms with Gasteiger partial charge in [0.25, 0.3) is 0 Å². The first kappa shape index (κ1) is 12.6. The zero-order valence-corrected chi connectivity index (χ0v) is 11.2. The molecule has 0 aromatic heterocycles. The highest BCUT2D eigenvalue weighted by atomic mass is 35.5. The van der Waals surface area contributed by atoms with Crippen molar-refractivity contribution in [2.75, 3.05) is 0 Å². The van der Waals surface area contributed by atoms with E-state index in [0.717, 1.165) is 51.4 Å². The molecule has 0 aromatic carbocycles. The maximum atomic E-state index is 6.44. The van der Waals surface area contributed by atoms with E-state index in [1.807, 2.05) is 0 Å². The van der Waals surface area contributed by atoms with Gasteiger partial charge in [-0.15, -0.1) is 0 Å². The van der Waals surface area contributed by atoms with Gasteiger partial charge in [0.15, 0.2) is 10.00 Å². The Morgan fingerprint density at radius 1 is 0.562 bits per heavy atom. The van der Waals surface area contributed by atoms with E-state index in [4.69, 9.17) is 23.2 Å². The molecule has 0 saturated heterocycles. The van der Waals surface area contributed by atoms with Gasteiger partial charge in [-0.3, -0.25) is 0 Å².